The van der Waals surface area contributed by atoms with Crippen LogP contribution < -0.4 is 4.74 Å². The van der Waals surface area contributed by atoms with Crippen molar-refractivity contribution in [1.82, 2.24) is 10.2 Å². The number of hydrogen-bond donors (Lipinski definition) is 0. The van der Waals surface area contributed by atoms with Gasteiger partial charge < -0.3 is 9.15 Å². The molecule has 1 heterocycles. The Morgan fingerprint density at radius 3 is 2.81 bits per heavy atom. The van der Waals surface area contributed by atoms with E-state index in [9.17, 15) is 0 Å². The fourth-order valence-corrected chi connectivity index (χ4v) is 1.61. The molecule has 0 aliphatic heterocycles. The van der Waals surface area contributed by atoms with E-state index in [4.69, 9.17) is 9.15 Å². The fraction of sp³-hybridized carbons (Fsp3) is 0.273. The fourth-order valence-electron chi connectivity index (χ4n) is 1.33. The van der Waals surface area contributed by atoms with Crippen LogP contribution in [0, 0.1) is 0 Å². The minimum absolute atomic E-state index is 0.494. The first-order chi connectivity index (χ1) is 7.85. The van der Waals surface area contributed by atoms with Crippen LogP contribution in [0.2, 0.25) is 0 Å². The third kappa shape index (κ3) is 2.19. The topological polar surface area (TPSA) is 48.2 Å². The summed E-state index contributed by atoms with van der Waals surface area (Å²) in [6.45, 7) is 2.55. The van der Waals surface area contributed by atoms with E-state index in [2.05, 4.69) is 10.2 Å². The summed E-state index contributed by atoms with van der Waals surface area (Å²) in [6, 6.07) is 7.63. The van der Waals surface area contributed by atoms with E-state index in [1.807, 2.05) is 37.4 Å². The summed E-state index contributed by atoms with van der Waals surface area (Å²) in [6.07, 6.45) is 1.89. The predicted octanol–water partition coefficient (Wildman–Crippen LogP) is 2.86. The first-order valence-corrected chi connectivity index (χ1v) is 6.17. The normalized spacial score (nSPS) is 10.4. The van der Waals surface area contributed by atoms with Crippen molar-refractivity contribution in [2.75, 3.05) is 12.9 Å². The van der Waals surface area contributed by atoms with E-state index < -0.39 is 0 Å². The van der Waals surface area contributed by atoms with E-state index in [1.54, 1.807) is 0 Å². The first kappa shape index (κ1) is 11.0. The van der Waals surface area contributed by atoms with Gasteiger partial charge in [-0.05, 0) is 25.3 Å². The van der Waals surface area contributed by atoms with Gasteiger partial charge in [0.05, 0.1) is 12.2 Å². The molecule has 5 heteroatoms. The highest BCUT2D eigenvalue weighted by atomic mass is 32.2. The molecule has 0 bridgehead atoms. The molecule has 0 saturated carbocycles. The average Bonchev–Trinajstić information content (AvgIpc) is 2.79. The van der Waals surface area contributed by atoms with Crippen LogP contribution >= 0.6 is 11.8 Å². The van der Waals surface area contributed by atoms with Crippen LogP contribution in [0.25, 0.3) is 11.5 Å². The maximum atomic E-state index is 5.50. The van der Waals surface area contributed by atoms with Crippen LogP contribution in [-0.2, 0) is 0 Å². The zero-order chi connectivity index (χ0) is 11.4. The van der Waals surface area contributed by atoms with Crippen molar-refractivity contribution < 1.29 is 9.15 Å². The van der Waals surface area contributed by atoms with Crippen molar-refractivity contribution in [2.24, 2.45) is 0 Å². The van der Waals surface area contributed by atoms with Crippen molar-refractivity contribution in [3.63, 3.8) is 0 Å². The molecule has 0 saturated heterocycles. The quantitative estimate of drug-likeness (QED) is 0.764. The summed E-state index contributed by atoms with van der Waals surface area (Å²) in [5, 5.41) is 8.44. The highest BCUT2D eigenvalue weighted by Crippen LogP contribution is 2.29. The van der Waals surface area contributed by atoms with Gasteiger partial charge in [0.2, 0.25) is 0 Å². The van der Waals surface area contributed by atoms with E-state index in [-0.39, 0.29) is 0 Å². The summed E-state index contributed by atoms with van der Waals surface area (Å²) >= 11 is 1.42. The van der Waals surface area contributed by atoms with Gasteiger partial charge in [0, 0.05) is 0 Å². The summed E-state index contributed by atoms with van der Waals surface area (Å²) in [7, 11) is 0. The number of hydrogen-bond acceptors (Lipinski definition) is 5. The summed E-state index contributed by atoms with van der Waals surface area (Å²) in [5.74, 6) is 1.26. The molecule has 0 N–H and O–H groups in total. The lowest BCUT2D eigenvalue weighted by Crippen LogP contribution is -1.93. The van der Waals surface area contributed by atoms with Crippen LogP contribution in [0.15, 0.2) is 33.9 Å². The second-order valence-corrected chi connectivity index (χ2v) is 3.76. The van der Waals surface area contributed by atoms with Crippen molar-refractivity contribution in [3.05, 3.63) is 24.3 Å². The molecule has 16 heavy (non-hydrogen) atoms. The number of nitrogens with zero attached hydrogens (tertiary/aromatic N) is 2. The lowest BCUT2D eigenvalue weighted by atomic mass is 10.2. The third-order valence-electron chi connectivity index (χ3n) is 2.00. The second kappa shape index (κ2) is 5.03. The lowest BCUT2D eigenvalue weighted by Gasteiger charge is -2.05. The predicted molar refractivity (Wildman–Crippen MR) is 62.7 cm³/mol. The Morgan fingerprint density at radius 1 is 1.31 bits per heavy atom. The Kier molecular flexibility index (Phi) is 3.46. The number of thioether (sulfide) groups is 1. The lowest BCUT2D eigenvalue weighted by molar-refractivity contribution is 0.340. The van der Waals surface area contributed by atoms with Crippen LogP contribution in [0.1, 0.15) is 6.92 Å². The number of ether oxygens (including phenoxy) is 1. The Bertz CT molecular complexity index is 471. The molecule has 1 aromatic carbocycles. The molecule has 0 aliphatic rings. The summed E-state index contributed by atoms with van der Waals surface area (Å²) in [5.41, 5.74) is 0.831. The molecule has 0 radical (unpaired) electrons. The van der Waals surface area contributed by atoms with Gasteiger partial charge in [-0.15, -0.1) is 10.2 Å². The van der Waals surface area contributed by atoms with Gasteiger partial charge in [-0.2, -0.15) is 0 Å². The highest BCUT2D eigenvalue weighted by Gasteiger charge is 2.12. The average molecular weight is 236 g/mol. The molecule has 2 aromatic rings. The monoisotopic (exact) mass is 236 g/mol. The minimum Gasteiger partial charge on any atom is -0.493 e. The van der Waals surface area contributed by atoms with Crippen molar-refractivity contribution >= 4 is 11.8 Å². The summed E-state index contributed by atoms with van der Waals surface area (Å²) < 4.78 is 11.0. The van der Waals surface area contributed by atoms with Gasteiger partial charge in [0.1, 0.15) is 5.75 Å². The standard InChI is InChI=1S/C11H12N2O2S/c1-3-14-9-7-5-4-6-8(9)10-12-13-11(15-10)16-2/h4-7H,3H2,1-2H3. The first-order valence-electron chi connectivity index (χ1n) is 4.95. The Morgan fingerprint density at radius 2 is 2.12 bits per heavy atom. The molecular weight excluding hydrogens is 224 g/mol. The third-order valence-corrected chi connectivity index (χ3v) is 2.51. The molecule has 1 aromatic heterocycles. The summed E-state index contributed by atoms with van der Waals surface area (Å²) in [4.78, 5) is 0. The van der Waals surface area contributed by atoms with Gasteiger partial charge in [0.15, 0.2) is 0 Å². The van der Waals surface area contributed by atoms with Gasteiger partial charge in [-0.1, -0.05) is 23.9 Å². The molecule has 0 unspecified atom stereocenters. The number of para-hydroxylation sites is 1. The molecule has 84 valence electrons. The molecule has 2 rings (SSSR count). The van der Waals surface area contributed by atoms with E-state index in [0.29, 0.717) is 17.7 Å². The highest BCUT2D eigenvalue weighted by molar-refractivity contribution is 7.98. The second-order valence-electron chi connectivity index (χ2n) is 3.01. The van der Waals surface area contributed by atoms with Gasteiger partial charge in [-0.3, -0.25) is 0 Å². The smallest absolute Gasteiger partial charge is 0.276 e. The van der Waals surface area contributed by atoms with E-state index in [0.717, 1.165) is 11.3 Å². The van der Waals surface area contributed by atoms with Crippen molar-refractivity contribution in [2.45, 2.75) is 12.1 Å². The SMILES string of the molecule is CCOc1ccccc1-c1nnc(SC)o1. The van der Waals surface area contributed by atoms with Crippen molar-refractivity contribution in [1.29, 1.82) is 0 Å². The molecule has 0 aliphatic carbocycles. The largest absolute Gasteiger partial charge is 0.493 e. The zero-order valence-electron chi connectivity index (χ0n) is 9.14. The van der Waals surface area contributed by atoms with E-state index in [1.165, 1.54) is 11.8 Å². The molecule has 0 amide bonds. The zero-order valence-corrected chi connectivity index (χ0v) is 9.95. The molecule has 0 atom stereocenters. The van der Waals surface area contributed by atoms with Gasteiger partial charge >= 0.3 is 0 Å². The van der Waals surface area contributed by atoms with Gasteiger partial charge in [-0.25, -0.2) is 0 Å². The van der Waals surface area contributed by atoms with Crippen LogP contribution in [0.3, 0.4) is 0 Å². The van der Waals surface area contributed by atoms with E-state index >= 15 is 0 Å². The Balaban J connectivity index is 2.38. The van der Waals surface area contributed by atoms with Crippen LogP contribution in [0.5, 0.6) is 5.75 Å². The van der Waals surface area contributed by atoms with Crippen LogP contribution in [-0.4, -0.2) is 23.1 Å². The Hall–Kier alpha value is -1.49. The number of rotatable bonds is 4. The minimum atomic E-state index is 0.494. The molecule has 4 nitrogen and oxygen atoms in total. The molecule has 0 fully saturated rings. The van der Waals surface area contributed by atoms with Crippen molar-refractivity contribution in [3.8, 4) is 17.2 Å². The maximum absolute atomic E-state index is 5.50. The number of benzene rings is 1. The van der Waals surface area contributed by atoms with Gasteiger partial charge in [0.25, 0.3) is 11.1 Å². The maximum Gasteiger partial charge on any atom is 0.276 e. The number of aromatic nitrogens is 2. The molecular formula is C11H12N2O2S. The molecule has 0 spiro atoms. The van der Waals surface area contributed by atoms with Crippen LogP contribution in [0.4, 0.5) is 0 Å². The Labute approximate surface area is 98.0 Å².